The predicted molar refractivity (Wildman–Crippen MR) is 48.2 cm³/mol. The van der Waals surface area contributed by atoms with Crippen LogP contribution >= 0.6 is 0 Å². The van der Waals surface area contributed by atoms with E-state index in [2.05, 4.69) is 0 Å². The third kappa shape index (κ3) is 1.93. The van der Waals surface area contributed by atoms with E-state index in [0.29, 0.717) is 6.61 Å². The van der Waals surface area contributed by atoms with E-state index in [1.165, 1.54) is 18.2 Å². The topological polar surface area (TPSA) is 46.7 Å². The van der Waals surface area contributed by atoms with Crippen molar-refractivity contribution in [3.63, 3.8) is 0 Å². The molecule has 14 heavy (non-hydrogen) atoms. The third-order valence-corrected chi connectivity index (χ3v) is 3.79. The Kier molecular flexibility index (Phi) is 2.28. The molecule has 1 aliphatic heterocycles. The van der Waals surface area contributed by atoms with Crippen molar-refractivity contribution in [2.24, 2.45) is 0 Å². The van der Waals surface area contributed by atoms with Gasteiger partial charge in [0.1, 0.15) is 10.7 Å². The molecule has 1 heterocycles. The van der Waals surface area contributed by atoms with Crippen molar-refractivity contribution in [2.75, 3.05) is 12.4 Å². The Labute approximate surface area is 81.4 Å². The second-order valence-electron chi connectivity index (χ2n) is 3.17. The van der Waals surface area contributed by atoms with Crippen LogP contribution in [0.25, 0.3) is 0 Å². The molecule has 1 aliphatic rings. The molecule has 1 fully saturated rings. The fourth-order valence-corrected chi connectivity index (χ4v) is 2.71. The molecule has 2 rings (SSSR count). The lowest BCUT2D eigenvalue weighted by Gasteiger charge is -2.02. The van der Waals surface area contributed by atoms with Crippen molar-refractivity contribution in [3.05, 3.63) is 30.1 Å². The van der Waals surface area contributed by atoms with E-state index < -0.39 is 15.7 Å². The maximum atomic E-state index is 13.1. The highest BCUT2D eigenvalue weighted by atomic mass is 32.2. The Morgan fingerprint density at radius 3 is 2.64 bits per heavy atom. The van der Waals surface area contributed by atoms with Gasteiger partial charge >= 0.3 is 0 Å². The van der Waals surface area contributed by atoms with Gasteiger partial charge in [-0.25, -0.2) is 12.8 Å². The molecule has 1 unspecified atom stereocenters. The summed E-state index contributed by atoms with van der Waals surface area (Å²) in [4.78, 5) is -0.240. The summed E-state index contributed by atoms with van der Waals surface area (Å²) in [6.45, 7) is 0.452. The first-order valence-electron chi connectivity index (χ1n) is 4.18. The number of benzene rings is 1. The maximum absolute atomic E-state index is 13.1. The van der Waals surface area contributed by atoms with E-state index in [1.807, 2.05) is 0 Å². The third-order valence-electron chi connectivity index (χ3n) is 1.98. The first-order chi connectivity index (χ1) is 6.59. The van der Waals surface area contributed by atoms with Gasteiger partial charge in [-0.15, -0.1) is 0 Å². The Bertz CT molecular complexity index is 437. The zero-order valence-corrected chi connectivity index (χ0v) is 8.13. The number of hydrogen-bond donors (Lipinski definition) is 0. The summed E-state index contributed by atoms with van der Waals surface area (Å²) >= 11 is 0. The van der Waals surface area contributed by atoms with Crippen molar-refractivity contribution < 1.29 is 17.5 Å². The summed E-state index contributed by atoms with van der Waals surface area (Å²) < 4.78 is 41.1. The molecule has 0 saturated carbocycles. The summed E-state index contributed by atoms with van der Waals surface area (Å²) in [7, 11) is -3.53. The summed E-state index contributed by atoms with van der Waals surface area (Å²) in [6.07, 6.45) is -0.250. The molecule has 0 N–H and O–H groups in total. The molecule has 1 aromatic carbocycles. The van der Waals surface area contributed by atoms with Gasteiger partial charge in [0.25, 0.3) is 0 Å². The highest BCUT2D eigenvalue weighted by Gasteiger charge is 2.31. The van der Waals surface area contributed by atoms with E-state index in [-0.39, 0.29) is 16.8 Å². The minimum Gasteiger partial charge on any atom is -0.372 e. The fraction of sp³-hybridized carbons (Fsp3) is 0.333. The van der Waals surface area contributed by atoms with E-state index in [4.69, 9.17) is 4.74 Å². The van der Waals surface area contributed by atoms with Crippen LogP contribution in [0.2, 0.25) is 0 Å². The summed E-state index contributed by atoms with van der Waals surface area (Å²) in [5.41, 5.74) is 0. The normalized spacial score (nSPS) is 20.8. The first kappa shape index (κ1) is 9.61. The van der Waals surface area contributed by atoms with Gasteiger partial charge in [0, 0.05) is 0 Å². The van der Waals surface area contributed by atoms with Gasteiger partial charge in [0.2, 0.25) is 0 Å². The van der Waals surface area contributed by atoms with Gasteiger partial charge in [-0.05, 0) is 12.1 Å². The number of halogens is 1. The molecule has 1 saturated heterocycles. The van der Waals surface area contributed by atoms with Crippen molar-refractivity contribution in [3.8, 4) is 0 Å². The second-order valence-corrected chi connectivity index (χ2v) is 5.17. The van der Waals surface area contributed by atoms with Crippen LogP contribution in [0.4, 0.5) is 4.39 Å². The highest BCUT2D eigenvalue weighted by molar-refractivity contribution is 7.91. The predicted octanol–water partition coefficient (Wildman–Crippen LogP) is 0.998. The van der Waals surface area contributed by atoms with E-state index in [1.54, 1.807) is 0 Å². The maximum Gasteiger partial charge on any atom is 0.183 e. The van der Waals surface area contributed by atoms with Crippen LogP contribution in [-0.4, -0.2) is 26.9 Å². The minimum atomic E-state index is -3.53. The number of epoxide rings is 1. The van der Waals surface area contributed by atoms with E-state index in [9.17, 15) is 12.8 Å². The summed E-state index contributed by atoms with van der Waals surface area (Å²) in [5.74, 6) is -0.832. The smallest absolute Gasteiger partial charge is 0.183 e. The van der Waals surface area contributed by atoms with Gasteiger partial charge in [0.15, 0.2) is 9.84 Å². The monoisotopic (exact) mass is 216 g/mol. The van der Waals surface area contributed by atoms with Gasteiger partial charge in [-0.1, -0.05) is 12.1 Å². The average Bonchev–Trinajstić information content (AvgIpc) is 2.88. The number of ether oxygens (including phenoxy) is 1. The lowest BCUT2D eigenvalue weighted by atomic mass is 10.3. The van der Waals surface area contributed by atoms with Gasteiger partial charge in [-0.3, -0.25) is 0 Å². The van der Waals surface area contributed by atoms with Crippen LogP contribution in [0.3, 0.4) is 0 Å². The van der Waals surface area contributed by atoms with Crippen molar-refractivity contribution in [1.29, 1.82) is 0 Å². The van der Waals surface area contributed by atoms with Crippen LogP contribution in [0.15, 0.2) is 29.2 Å². The minimum absolute atomic E-state index is 0.131. The molecular weight excluding hydrogens is 207 g/mol. The van der Waals surface area contributed by atoms with Crippen LogP contribution in [0, 0.1) is 5.82 Å². The molecule has 0 radical (unpaired) electrons. The van der Waals surface area contributed by atoms with Gasteiger partial charge < -0.3 is 4.74 Å². The van der Waals surface area contributed by atoms with Crippen LogP contribution < -0.4 is 0 Å². The summed E-state index contributed by atoms with van der Waals surface area (Å²) in [6, 6.07) is 5.37. The Balaban J connectivity index is 2.33. The number of sulfone groups is 1. The fourth-order valence-electron chi connectivity index (χ4n) is 1.20. The molecule has 5 heteroatoms. The average molecular weight is 216 g/mol. The number of hydrogen-bond acceptors (Lipinski definition) is 3. The van der Waals surface area contributed by atoms with E-state index >= 15 is 0 Å². The Hall–Kier alpha value is -0.940. The zero-order chi connectivity index (χ0) is 10.2. The van der Waals surface area contributed by atoms with Crippen LogP contribution in [0.5, 0.6) is 0 Å². The number of rotatable bonds is 3. The highest BCUT2D eigenvalue weighted by Crippen LogP contribution is 2.20. The van der Waals surface area contributed by atoms with Crippen molar-refractivity contribution in [1.82, 2.24) is 0 Å². The Morgan fingerprint density at radius 1 is 1.43 bits per heavy atom. The molecular formula is C9H9FO3S. The molecule has 0 bridgehead atoms. The lowest BCUT2D eigenvalue weighted by molar-refractivity contribution is 0.422. The van der Waals surface area contributed by atoms with Crippen molar-refractivity contribution >= 4 is 9.84 Å². The van der Waals surface area contributed by atoms with Crippen molar-refractivity contribution in [2.45, 2.75) is 11.0 Å². The zero-order valence-electron chi connectivity index (χ0n) is 7.31. The molecule has 0 amide bonds. The largest absolute Gasteiger partial charge is 0.372 e. The molecule has 0 spiro atoms. The van der Waals surface area contributed by atoms with Gasteiger partial charge in [0.05, 0.1) is 18.5 Å². The SMILES string of the molecule is O=S(=O)(CC1CO1)c1ccccc1F. The van der Waals surface area contributed by atoms with Gasteiger partial charge in [-0.2, -0.15) is 0 Å². The molecule has 1 aromatic rings. The lowest BCUT2D eigenvalue weighted by Crippen LogP contribution is -2.13. The van der Waals surface area contributed by atoms with E-state index in [0.717, 1.165) is 6.07 Å². The van der Waals surface area contributed by atoms with Crippen LogP contribution in [0.1, 0.15) is 0 Å². The molecule has 3 nitrogen and oxygen atoms in total. The second kappa shape index (κ2) is 3.33. The molecule has 1 atom stereocenters. The molecule has 0 aliphatic carbocycles. The molecule has 76 valence electrons. The first-order valence-corrected chi connectivity index (χ1v) is 5.84. The standard InChI is InChI=1S/C9H9FO3S/c10-8-3-1-2-4-9(8)14(11,12)6-7-5-13-7/h1-4,7H,5-6H2. The molecule has 0 aromatic heterocycles. The summed E-state index contributed by atoms with van der Waals surface area (Å²) in [5, 5.41) is 0. The quantitative estimate of drug-likeness (QED) is 0.708. The Morgan fingerprint density at radius 2 is 2.07 bits per heavy atom. The van der Waals surface area contributed by atoms with Crippen LogP contribution in [-0.2, 0) is 14.6 Å².